The molecule has 2 aliphatic rings. The topological polar surface area (TPSA) is 45.2 Å². The number of piperidine rings is 1. The van der Waals surface area contributed by atoms with Gasteiger partial charge in [0.05, 0.1) is 5.69 Å². The molecule has 1 aliphatic heterocycles. The summed E-state index contributed by atoms with van der Waals surface area (Å²) in [6.45, 7) is 4.80. The average molecular weight is 356 g/mol. The molecular formula is C20H25N3OS. The lowest BCUT2D eigenvalue weighted by molar-refractivity contribution is 0.0709. The highest BCUT2D eigenvalue weighted by molar-refractivity contribution is 7.17. The van der Waals surface area contributed by atoms with Gasteiger partial charge < -0.3 is 10.2 Å². The van der Waals surface area contributed by atoms with E-state index in [2.05, 4.69) is 10.3 Å². The lowest BCUT2D eigenvalue weighted by Gasteiger charge is -2.32. The summed E-state index contributed by atoms with van der Waals surface area (Å²) in [5.74, 6) is 1.06. The number of thiazole rings is 1. The summed E-state index contributed by atoms with van der Waals surface area (Å²) in [7, 11) is 0. The maximum atomic E-state index is 12.9. The van der Waals surface area contributed by atoms with E-state index >= 15 is 0 Å². The van der Waals surface area contributed by atoms with E-state index in [1.807, 2.05) is 42.2 Å². The molecule has 5 heteroatoms. The first-order valence-corrected chi connectivity index (χ1v) is 10.1. The van der Waals surface area contributed by atoms with Crippen molar-refractivity contribution in [1.29, 1.82) is 0 Å². The first-order chi connectivity index (χ1) is 12.2. The SMILES string of the molecule is Cc1nc(-c2ccccc2)sc1C(=O)N1CCC(NCC2CC2)CC1. The molecule has 0 radical (unpaired) electrons. The number of likely N-dealkylation sites (tertiary alicyclic amines) is 1. The third-order valence-electron chi connectivity index (χ3n) is 5.19. The summed E-state index contributed by atoms with van der Waals surface area (Å²) < 4.78 is 0. The molecule has 1 N–H and O–H groups in total. The zero-order valence-electron chi connectivity index (χ0n) is 14.7. The van der Waals surface area contributed by atoms with Gasteiger partial charge in [-0.3, -0.25) is 4.79 Å². The molecule has 2 fully saturated rings. The summed E-state index contributed by atoms with van der Waals surface area (Å²) in [4.78, 5) is 20.3. The van der Waals surface area contributed by atoms with Crippen molar-refractivity contribution in [2.45, 2.75) is 38.6 Å². The summed E-state index contributed by atoms with van der Waals surface area (Å²) in [6, 6.07) is 10.7. The first kappa shape index (κ1) is 16.7. The van der Waals surface area contributed by atoms with Gasteiger partial charge in [0.2, 0.25) is 0 Å². The summed E-state index contributed by atoms with van der Waals surface area (Å²) in [5.41, 5.74) is 1.93. The molecule has 1 saturated carbocycles. The van der Waals surface area contributed by atoms with E-state index in [0.29, 0.717) is 6.04 Å². The zero-order chi connectivity index (χ0) is 17.2. The molecule has 2 aromatic rings. The van der Waals surface area contributed by atoms with Crippen LogP contribution in [0.1, 0.15) is 41.0 Å². The molecule has 1 saturated heterocycles. The maximum absolute atomic E-state index is 12.9. The number of aryl methyl sites for hydroxylation is 1. The summed E-state index contributed by atoms with van der Waals surface area (Å²) in [6.07, 6.45) is 4.89. The molecule has 0 atom stereocenters. The quantitative estimate of drug-likeness (QED) is 0.889. The van der Waals surface area contributed by atoms with Gasteiger partial charge in [-0.05, 0) is 45.1 Å². The molecule has 1 aromatic carbocycles. The van der Waals surface area contributed by atoms with E-state index in [-0.39, 0.29) is 5.91 Å². The number of hydrogen-bond donors (Lipinski definition) is 1. The van der Waals surface area contributed by atoms with Crippen molar-refractivity contribution >= 4 is 17.2 Å². The third-order valence-corrected chi connectivity index (χ3v) is 6.38. The molecule has 0 unspecified atom stereocenters. The van der Waals surface area contributed by atoms with Crippen molar-refractivity contribution in [2.24, 2.45) is 5.92 Å². The van der Waals surface area contributed by atoms with Crippen molar-refractivity contribution in [1.82, 2.24) is 15.2 Å². The number of benzene rings is 1. The van der Waals surface area contributed by atoms with Gasteiger partial charge in [-0.2, -0.15) is 0 Å². The highest BCUT2D eigenvalue weighted by Crippen LogP contribution is 2.30. The molecule has 4 rings (SSSR count). The largest absolute Gasteiger partial charge is 0.338 e. The minimum absolute atomic E-state index is 0.151. The zero-order valence-corrected chi connectivity index (χ0v) is 15.5. The van der Waals surface area contributed by atoms with Crippen molar-refractivity contribution < 1.29 is 4.79 Å². The van der Waals surface area contributed by atoms with Crippen molar-refractivity contribution in [3.05, 3.63) is 40.9 Å². The van der Waals surface area contributed by atoms with Crippen LogP contribution in [0.2, 0.25) is 0 Å². The highest BCUT2D eigenvalue weighted by atomic mass is 32.1. The second-order valence-electron chi connectivity index (χ2n) is 7.22. The number of carbonyl (C=O) groups is 1. The Hall–Kier alpha value is -1.72. The number of nitrogens with zero attached hydrogens (tertiary/aromatic N) is 2. The fraction of sp³-hybridized carbons (Fsp3) is 0.500. The summed E-state index contributed by atoms with van der Waals surface area (Å²) >= 11 is 1.52. The van der Waals surface area contributed by atoms with E-state index < -0.39 is 0 Å². The Morgan fingerprint density at radius 2 is 1.92 bits per heavy atom. The number of carbonyl (C=O) groups excluding carboxylic acids is 1. The van der Waals surface area contributed by atoms with Crippen LogP contribution in [0.15, 0.2) is 30.3 Å². The van der Waals surface area contributed by atoms with Gasteiger partial charge in [-0.15, -0.1) is 11.3 Å². The predicted octanol–water partition coefficient (Wildman–Crippen LogP) is 3.72. The van der Waals surface area contributed by atoms with Crippen LogP contribution in [0.25, 0.3) is 10.6 Å². The van der Waals surface area contributed by atoms with Gasteiger partial charge >= 0.3 is 0 Å². The number of amides is 1. The molecule has 2 heterocycles. The normalized spacial score (nSPS) is 18.5. The van der Waals surface area contributed by atoms with Gasteiger partial charge in [0.25, 0.3) is 5.91 Å². The van der Waals surface area contributed by atoms with Gasteiger partial charge in [0.1, 0.15) is 9.88 Å². The molecule has 0 bridgehead atoms. The van der Waals surface area contributed by atoms with Crippen LogP contribution in [0, 0.1) is 12.8 Å². The van der Waals surface area contributed by atoms with Crippen molar-refractivity contribution in [3.8, 4) is 10.6 Å². The van der Waals surface area contributed by atoms with Crippen LogP contribution in [-0.2, 0) is 0 Å². The predicted molar refractivity (Wildman–Crippen MR) is 102 cm³/mol. The highest BCUT2D eigenvalue weighted by Gasteiger charge is 2.28. The second kappa shape index (κ2) is 7.26. The van der Waals surface area contributed by atoms with Crippen molar-refractivity contribution in [3.63, 3.8) is 0 Å². The fourth-order valence-corrected chi connectivity index (χ4v) is 4.42. The average Bonchev–Trinajstić information content (AvgIpc) is 3.41. The fourth-order valence-electron chi connectivity index (χ4n) is 3.38. The first-order valence-electron chi connectivity index (χ1n) is 9.26. The van der Waals surface area contributed by atoms with Crippen molar-refractivity contribution in [2.75, 3.05) is 19.6 Å². The minimum atomic E-state index is 0.151. The number of hydrogen-bond acceptors (Lipinski definition) is 4. The van der Waals surface area contributed by atoms with Crippen LogP contribution in [0.3, 0.4) is 0 Å². The van der Waals surface area contributed by atoms with E-state index in [9.17, 15) is 4.79 Å². The van der Waals surface area contributed by atoms with Gasteiger partial charge in [0.15, 0.2) is 0 Å². The standard InChI is InChI=1S/C20H25N3OS/c1-14-18(25-19(22-14)16-5-3-2-4-6-16)20(24)23-11-9-17(10-12-23)21-13-15-7-8-15/h2-6,15,17,21H,7-13H2,1H3. The lowest BCUT2D eigenvalue weighted by Crippen LogP contribution is -2.45. The molecule has 4 nitrogen and oxygen atoms in total. The van der Waals surface area contributed by atoms with Crippen LogP contribution < -0.4 is 5.32 Å². The van der Waals surface area contributed by atoms with Crippen LogP contribution in [0.4, 0.5) is 0 Å². The molecule has 1 amide bonds. The maximum Gasteiger partial charge on any atom is 0.265 e. The summed E-state index contributed by atoms with van der Waals surface area (Å²) in [5, 5.41) is 4.60. The minimum Gasteiger partial charge on any atom is -0.338 e. The smallest absolute Gasteiger partial charge is 0.265 e. The Morgan fingerprint density at radius 3 is 2.60 bits per heavy atom. The van der Waals surface area contributed by atoms with Gasteiger partial charge in [-0.25, -0.2) is 4.98 Å². The number of nitrogens with one attached hydrogen (secondary N) is 1. The Kier molecular flexibility index (Phi) is 4.86. The molecule has 0 spiro atoms. The van der Waals surface area contributed by atoms with E-state index in [4.69, 9.17) is 0 Å². The Bertz CT molecular complexity index is 731. The number of rotatable bonds is 5. The van der Waals surface area contributed by atoms with Crippen LogP contribution in [0.5, 0.6) is 0 Å². The monoisotopic (exact) mass is 355 g/mol. The molecule has 1 aliphatic carbocycles. The van der Waals surface area contributed by atoms with Gasteiger partial charge in [0, 0.05) is 24.7 Å². The van der Waals surface area contributed by atoms with E-state index in [1.54, 1.807) is 0 Å². The Balaban J connectivity index is 1.39. The third kappa shape index (κ3) is 3.93. The molecule has 1 aromatic heterocycles. The van der Waals surface area contributed by atoms with E-state index in [0.717, 1.165) is 59.5 Å². The second-order valence-corrected chi connectivity index (χ2v) is 8.22. The Morgan fingerprint density at radius 1 is 1.20 bits per heavy atom. The Labute approximate surface area is 153 Å². The van der Waals surface area contributed by atoms with Crippen LogP contribution >= 0.6 is 11.3 Å². The molecule has 132 valence electrons. The molecular weight excluding hydrogens is 330 g/mol. The van der Waals surface area contributed by atoms with E-state index in [1.165, 1.54) is 24.2 Å². The number of aromatic nitrogens is 1. The van der Waals surface area contributed by atoms with Gasteiger partial charge in [-0.1, -0.05) is 30.3 Å². The van der Waals surface area contributed by atoms with Crippen LogP contribution in [-0.4, -0.2) is 41.5 Å². The molecule has 25 heavy (non-hydrogen) atoms. The lowest BCUT2D eigenvalue weighted by atomic mass is 10.0.